The fraction of sp³-hybridized carbons (Fsp3) is 0.176. The van der Waals surface area contributed by atoms with E-state index in [1.54, 1.807) is 36.4 Å². The molecule has 2 aromatic carbocycles. The van der Waals surface area contributed by atoms with Crippen LogP contribution < -0.4 is 15.8 Å². The van der Waals surface area contributed by atoms with Gasteiger partial charge in [0.2, 0.25) is 0 Å². The van der Waals surface area contributed by atoms with E-state index < -0.39 is 18.5 Å². The van der Waals surface area contributed by atoms with Gasteiger partial charge in [-0.2, -0.15) is 0 Å². The topological polar surface area (TPSA) is 90.6 Å². The van der Waals surface area contributed by atoms with Gasteiger partial charge < -0.3 is 20.5 Å². The van der Waals surface area contributed by atoms with Gasteiger partial charge in [0.1, 0.15) is 5.75 Å². The Labute approximate surface area is 134 Å². The Kier molecular flexibility index (Phi) is 5.19. The molecule has 120 valence electrons. The van der Waals surface area contributed by atoms with Crippen LogP contribution in [0.4, 0.5) is 11.4 Å². The third-order valence-electron chi connectivity index (χ3n) is 3.14. The van der Waals surface area contributed by atoms with Gasteiger partial charge in [-0.05, 0) is 36.8 Å². The SMILES string of the molecule is COc1ccc(C)cc1NC(=O)COC(=O)c1ccccc1N. The number of benzene rings is 2. The number of methoxy groups -OCH3 is 1. The summed E-state index contributed by atoms with van der Waals surface area (Å²) in [6, 6.07) is 11.9. The van der Waals surface area contributed by atoms with Gasteiger partial charge in [-0.25, -0.2) is 4.79 Å². The van der Waals surface area contributed by atoms with Crippen LogP contribution in [0.1, 0.15) is 15.9 Å². The summed E-state index contributed by atoms with van der Waals surface area (Å²) in [6.45, 7) is 1.48. The maximum absolute atomic E-state index is 11.9. The van der Waals surface area contributed by atoms with Crippen LogP contribution in [0, 0.1) is 6.92 Å². The number of aryl methyl sites for hydroxylation is 1. The highest BCUT2D eigenvalue weighted by atomic mass is 16.5. The number of esters is 1. The summed E-state index contributed by atoms with van der Waals surface area (Å²) in [5.41, 5.74) is 7.71. The number of nitrogen functional groups attached to an aromatic ring is 1. The molecule has 0 saturated carbocycles. The lowest BCUT2D eigenvalue weighted by molar-refractivity contribution is -0.119. The lowest BCUT2D eigenvalue weighted by Crippen LogP contribution is -2.21. The first-order valence-corrected chi connectivity index (χ1v) is 6.97. The number of carbonyl (C=O) groups is 2. The number of para-hydroxylation sites is 1. The highest BCUT2D eigenvalue weighted by Gasteiger charge is 2.14. The maximum atomic E-state index is 11.9. The highest BCUT2D eigenvalue weighted by molar-refractivity contribution is 5.98. The molecule has 1 amide bonds. The molecule has 0 aliphatic rings. The van der Waals surface area contributed by atoms with Crippen molar-refractivity contribution in [1.29, 1.82) is 0 Å². The second kappa shape index (κ2) is 7.31. The number of anilines is 2. The van der Waals surface area contributed by atoms with Gasteiger partial charge in [0.05, 0.1) is 18.4 Å². The first-order valence-electron chi connectivity index (χ1n) is 6.97. The molecule has 2 aromatic rings. The summed E-state index contributed by atoms with van der Waals surface area (Å²) in [7, 11) is 1.51. The number of rotatable bonds is 5. The van der Waals surface area contributed by atoms with Crippen LogP contribution in [0.25, 0.3) is 0 Å². The van der Waals surface area contributed by atoms with Crippen molar-refractivity contribution in [2.75, 3.05) is 24.8 Å². The third kappa shape index (κ3) is 4.23. The van der Waals surface area contributed by atoms with Crippen molar-refractivity contribution >= 4 is 23.3 Å². The molecule has 0 aliphatic carbocycles. The molecule has 0 bridgehead atoms. The normalized spacial score (nSPS) is 10.0. The Morgan fingerprint density at radius 3 is 2.61 bits per heavy atom. The van der Waals surface area contributed by atoms with Crippen LogP contribution in [0.3, 0.4) is 0 Å². The molecule has 6 heteroatoms. The van der Waals surface area contributed by atoms with Gasteiger partial charge in [0.15, 0.2) is 6.61 Å². The molecular weight excluding hydrogens is 296 g/mol. The van der Waals surface area contributed by atoms with E-state index >= 15 is 0 Å². The molecule has 0 heterocycles. The predicted molar refractivity (Wildman–Crippen MR) is 87.5 cm³/mol. The van der Waals surface area contributed by atoms with Crippen molar-refractivity contribution in [2.45, 2.75) is 6.92 Å². The van der Waals surface area contributed by atoms with Gasteiger partial charge in [-0.1, -0.05) is 18.2 Å². The summed E-state index contributed by atoms with van der Waals surface area (Å²) < 4.78 is 10.1. The van der Waals surface area contributed by atoms with E-state index in [9.17, 15) is 9.59 Å². The molecule has 0 spiro atoms. The van der Waals surface area contributed by atoms with Crippen LogP contribution in [0.2, 0.25) is 0 Å². The smallest absolute Gasteiger partial charge is 0.340 e. The Morgan fingerprint density at radius 2 is 1.91 bits per heavy atom. The predicted octanol–water partition coefficient (Wildman–Crippen LogP) is 2.38. The van der Waals surface area contributed by atoms with Crippen molar-refractivity contribution in [3.63, 3.8) is 0 Å². The fourth-order valence-corrected chi connectivity index (χ4v) is 2.00. The first-order chi connectivity index (χ1) is 11.0. The second-order valence-corrected chi connectivity index (χ2v) is 4.92. The van der Waals surface area contributed by atoms with Crippen molar-refractivity contribution in [3.05, 3.63) is 53.6 Å². The zero-order valence-corrected chi connectivity index (χ0v) is 13.0. The summed E-state index contributed by atoms with van der Waals surface area (Å²) in [5, 5.41) is 2.65. The lowest BCUT2D eigenvalue weighted by Gasteiger charge is -2.11. The molecule has 0 saturated heterocycles. The van der Waals surface area contributed by atoms with Gasteiger partial charge >= 0.3 is 5.97 Å². The molecule has 6 nitrogen and oxygen atoms in total. The van der Waals surface area contributed by atoms with Crippen molar-refractivity contribution in [2.24, 2.45) is 0 Å². The Morgan fingerprint density at radius 1 is 1.17 bits per heavy atom. The van der Waals surface area contributed by atoms with E-state index in [0.29, 0.717) is 17.1 Å². The molecule has 0 aromatic heterocycles. The fourth-order valence-electron chi connectivity index (χ4n) is 2.00. The van der Waals surface area contributed by atoms with Gasteiger partial charge in [-0.15, -0.1) is 0 Å². The van der Waals surface area contributed by atoms with E-state index in [0.717, 1.165) is 5.56 Å². The highest BCUT2D eigenvalue weighted by Crippen LogP contribution is 2.25. The molecule has 2 rings (SSSR count). The van der Waals surface area contributed by atoms with Crippen molar-refractivity contribution in [1.82, 2.24) is 0 Å². The van der Waals surface area contributed by atoms with Crippen molar-refractivity contribution < 1.29 is 19.1 Å². The standard InChI is InChI=1S/C17H18N2O4/c1-11-7-8-15(22-2)14(9-11)19-16(20)10-23-17(21)12-5-3-4-6-13(12)18/h3-9H,10,18H2,1-2H3,(H,19,20). The van der Waals surface area contributed by atoms with Crippen LogP contribution in [-0.4, -0.2) is 25.6 Å². The van der Waals surface area contributed by atoms with Gasteiger partial charge in [0, 0.05) is 5.69 Å². The van der Waals surface area contributed by atoms with Crippen molar-refractivity contribution in [3.8, 4) is 5.75 Å². The van der Waals surface area contributed by atoms with E-state index in [-0.39, 0.29) is 5.56 Å². The minimum atomic E-state index is -0.644. The van der Waals surface area contributed by atoms with E-state index in [4.69, 9.17) is 15.2 Å². The maximum Gasteiger partial charge on any atom is 0.340 e. The summed E-state index contributed by atoms with van der Waals surface area (Å²) in [6.07, 6.45) is 0. The molecule has 3 N–H and O–H groups in total. The number of hydrogen-bond donors (Lipinski definition) is 2. The first kappa shape index (κ1) is 16.4. The zero-order valence-electron chi connectivity index (χ0n) is 13.0. The molecule has 23 heavy (non-hydrogen) atoms. The number of hydrogen-bond acceptors (Lipinski definition) is 5. The number of carbonyl (C=O) groups excluding carboxylic acids is 2. The minimum Gasteiger partial charge on any atom is -0.495 e. The second-order valence-electron chi connectivity index (χ2n) is 4.92. The molecule has 0 atom stereocenters. The molecule has 0 fully saturated rings. The molecular formula is C17H18N2O4. The molecule has 0 aliphatic heterocycles. The molecule has 0 radical (unpaired) electrons. The number of amides is 1. The van der Waals surface area contributed by atoms with Gasteiger partial charge in [0.25, 0.3) is 5.91 Å². The molecule has 0 unspecified atom stereocenters. The van der Waals surface area contributed by atoms with Crippen LogP contribution in [-0.2, 0) is 9.53 Å². The Hall–Kier alpha value is -3.02. The summed E-state index contributed by atoms with van der Waals surface area (Å²) in [5.74, 6) is -0.575. The van der Waals surface area contributed by atoms with E-state index in [1.807, 2.05) is 13.0 Å². The average Bonchev–Trinajstić information content (AvgIpc) is 2.53. The monoisotopic (exact) mass is 314 g/mol. The number of ether oxygens (including phenoxy) is 2. The quantitative estimate of drug-likeness (QED) is 0.653. The van der Waals surface area contributed by atoms with Crippen LogP contribution >= 0.6 is 0 Å². The van der Waals surface area contributed by atoms with E-state index in [2.05, 4.69) is 5.32 Å². The van der Waals surface area contributed by atoms with Crippen LogP contribution in [0.15, 0.2) is 42.5 Å². The minimum absolute atomic E-state index is 0.230. The zero-order chi connectivity index (χ0) is 16.8. The Balaban J connectivity index is 1.97. The summed E-state index contributed by atoms with van der Waals surface area (Å²) in [4.78, 5) is 23.8. The number of nitrogens with two attached hydrogens (primary N) is 1. The number of nitrogens with one attached hydrogen (secondary N) is 1. The third-order valence-corrected chi connectivity index (χ3v) is 3.14. The van der Waals surface area contributed by atoms with Crippen LogP contribution in [0.5, 0.6) is 5.75 Å². The van der Waals surface area contributed by atoms with Gasteiger partial charge in [-0.3, -0.25) is 4.79 Å². The summed E-state index contributed by atoms with van der Waals surface area (Å²) >= 11 is 0. The average molecular weight is 314 g/mol. The lowest BCUT2D eigenvalue weighted by atomic mass is 10.2. The largest absolute Gasteiger partial charge is 0.495 e. The van der Waals surface area contributed by atoms with E-state index in [1.165, 1.54) is 7.11 Å². The Bertz CT molecular complexity index is 728.